The summed E-state index contributed by atoms with van der Waals surface area (Å²) in [4.78, 5) is 4.25. The number of nitrogens with zero attached hydrogens (tertiary/aromatic N) is 2. The van der Waals surface area contributed by atoms with Gasteiger partial charge in [-0.1, -0.05) is 36.4 Å². The zero-order valence-corrected chi connectivity index (χ0v) is 18.9. The molecule has 0 aliphatic carbocycles. The number of hydrazine groups is 1. The highest BCUT2D eigenvalue weighted by Crippen LogP contribution is 2.30. The average Bonchev–Trinajstić information content (AvgIpc) is 3.28. The maximum Gasteiger partial charge on any atom is 0.416 e. The number of benzene rings is 2. The summed E-state index contributed by atoms with van der Waals surface area (Å²) < 4.78 is 57.2. The molecule has 0 spiro atoms. The van der Waals surface area contributed by atoms with Gasteiger partial charge in [0.2, 0.25) is 5.89 Å². The van der Waals surface area contributed by atoms with Crippen molar-refractivity contribution >= 4 is 24.3 Å². The number of alkyl halides is 3. The van der Waals surface area contributed by atoms with E-state index in [2.05, 4.69) is 17.1 Å². The lowest BCUT2D eigenvalue weighted by atomic mass is 10.1. The second kappa shape index (κ2) is 12.0. The first kappa shape index (κ1) is 25.8. The molecule has 5 nitrogen and oxygen atoms in total. The van der Waals surface area contributed by atoms with Gasteiger partial charge in [0, 0.05) is 30.6 Å². The van der Waals surface area contributed by atoms with Gasteiger partial charge in [0.1, 0.15) is 17.8 Å². The monoisotopic (exact) mass is 486 g/mol. The van der Waals surface area contributed by atoms with Gasteiger partial charge in [-0.3, -0.25) is 0 Å². The van der Waals surface area contributed by atoms with Crippen molar-refractivity contribution in [2.75, 3.05) is 6.54 Å². The smallest absolute Gasteiger partial charge is 0.416 e. The molecule has 0 radical (unpaired) electrons. The van der Waals surface area contributed by atoms with Crippen molar-refractivity contribution in [3.8, 4) is 0 Å². The predicted molar refractivity (Wildman–Crippen MR) is 129 cm³/mol. The van der Waals surface area contributed by atoms with Crippen molar-refractivity contribution in [1.82, 2.24) is 9.99 Å². The van der Waals surface area contributed by atoms with Crippen LogP contribution in [-0.4, -0.2) is 16.5 Å². The Kier molecular flexibility index (Phi) is 8.86. The SMILES string of the molecule is N/C=C\N(N)CCCCc1ccc(/C=C/c2coc(/C=C/c3ccc(C(F)(F)F)cc3F)n2)cc1. The molecule has 0 unspecified atom stereocenters. The number of oxazole rings is 1. The third-order valence-electron chi connectivity index (χ3n) is 5.11. The first-order valence-electron chi connectivity index (χ1n) is 10.9. The van der Waals surface area contributed by atoms with E-state index in [1.807, 2.05) is 18.2 Å². The number of hydrogen-bond acceptors (Lipinski definition) is 5. The molecular weight excluding hydrogens is 460 g/mol. The Balaban J connectivity index is 1.52. The van der Waals surface area contributed by atoms with Crippen molar-refractivity contribution in [3.05, 3.63) is 101 Å². The van der Waals surface area contributed by atoms with E-state index in [-0.39, 0.29) is 11.5 Å². The molecule has 184 valence electrons. The van der Waals surface area contributed by atoms with Crippen LogP contribution in [-0.2, 0) is 12.6 Å². The minimum atomic E-state index is -4.59. The van der Waals surface area contributed by atoms with Crippen molar-refractivity contribution in [2.45, 2.75) is 25.4 Å². The summed E-state index contributed by atoms with van der Waals surface area (Å²) in [6.07, 6.45) is 9.16. The van der Waals surface area contributed by atoms with E-state index in [1.54, 1.807) is 17.3 Å². The molecule has 3 rings (SSSR count). The number of hydrogen-bond donors (Lipinski definition) is 2. The highest BCUT2D eigenvalue weighted by atomic mass is 19.4. The summed E-state index contributed by atoms with van der Waals surface area (Å²) in [7, 11) is 0. The Hall–Kier alpha value is -3.85. The molecular formula is C26H26F4N4O. The maximum absolute atomic E-state index is 13.9. The third kappa shape index (κ3) is 8.15. The minimum absolute atomic E-state index is 0.00105. The lowest BCUT2D eigenvalue weighted by Crippen LogP contribution is -2.26. The Morgan fingerprint density at radius 1 is 0.971 bits per heavy atom. The van der Waals surface area contributed by atoms with Gasteiger partial charge in [-0.05, 0) is 54.7 Å². The normalized spacial score (nSPS) is 12.4. The van der Waals surface area contributed by atoms with Crippen molar-refractivity contribution in [3.63, 3.8) is 0 Å². The Labute approximate surface area is 201 Å². The Morgan fingerprint density at radius 3 is 2.43 bits per heavy atom. The summed E-state index contributed by atoms with van der Waals surface area (Å²) >= 11 is 0. The van der Waals surface area contributed by atoms with E-state index in [0.717, 1.165) is 43.5 Å². The molecule has 1 aromatic heterocycles. The van der Waals surface area contributed by atoms with E-state index in [9.17, 15) is 17.6 Å². The summed E-state index contributed by atoms with van der Waals surface area (Å²) in [6, 6.07) is 10.5. The van der Waals surface area contributed by atoms with Gasteiger partial charge in [0.15, 0.2) is 0 Å². The van der Waals surface area contributed by atoms with E-state index in [4.69, 9.17) is 16.0 Å². The number of aryl methyl sites for hydroxylation is 1. The van der Waals surface area contributed by atoms with Crippen molar-refractivity contribution in [2.24, 2.45) is 11.6 Å². The highest BCUT2D eigenvalue weighted by molar-refractivity contribution is 5.70. The molecule has 9 heteroatoms. The van der Waals surface area contributed by atoms with Crippen LogP contribution in [0, 0.1) is 5.82 Å². The number of rotatable bonds is 10. The standard InChI is InChI=1S/C26H26F4N4O/c27-24-17-22(26(28,29)30)11-9-21(24)10-13-25-33-23(18-35-25)12-8-20-6-4-19(5-7-20)3-1-2-15-34(32)16-14-31/h4-14,16-18H,1-3,15,31-32H2/b12-8+,13-10+,16-14-. The molecule has 0 saturated carbocycles. The van der Waals surface area contributed by atoms with Crippen LogP contribution in [0.2, 0.25) is 0 Å². The summed E-state index contributed by atoms with van der Waals surface area (Å²) in [6.45, 7) is 0.739. The van der Waals surface area contributed by atoms with Crippen LogP contribution in [0.1, 0.15) is 46.7 Å². The molecule has 0 aliphatic heterocycles. The fourth-order valence-electron chi connectivity index (χ4n) is 3.24. The van der Waals surface area contributed by atoms with Crippen LogP contribution in [0.15, 0.2) is 65.5 Å². The maximum atomic E-state index is 13.9. The van der Waals surface area contributed by atoms with Gasteiger partial charge in [-0.15, -0.1) is 0 Å². The number of unbranched alkanes of at least 4 members (excludes halogenated alkanes) is 1. The topological polar surface area (TPSA) is 81.3 Å². The highest BCUT2D eigenvalue weighted by Gasteiger charge is 2.30. The van der Waals surface area contributed by atoms with Crippen LogP contribution >= 0.6 is 0 Å². The first-order chi connectivity index (χ1) is 16.7. The Bertz CT molecular complexity index is 1180. The fraction of sp³-hybridized carbons (Fsp3) is 0.192. The predicted octanol–water partition coefficient (Wildman–Crippen LogP) is 6.10. The number of nitrogens with two attached hydrogens (primary N) is 2. The van der Waals surface area contributed by atoms with Gasteiger partial charge in [-0.2, -0.15) is 13.2 Å². The van der Waals surface area contributed by atoms with E-state index >= 15 is 0 Å². The molecule has 0 bridgehead atoms. The van der Waals surface area contributed by atoms with E-state index in [0.29, 0.717) is 11.8 Å². The van der Waals surface area contributed by atoms with E-state index < -0.39 is 17.6 Å². The first-order valence-corrected chi connectivity index (χ1v) is 10.9. The van der Waals surface area contributed by atoms with Crippen LogP contribution in [0.25, 0.3) is 24.3 Å². The third-order valence-corrected chi connectivity index (χ3v) is 5.11. The van der Waals surface area contributed by atoms with Crippen molar-refractivity contribution < 1.29 is 22.0 Å². The van der Waals surface area contributed by atoms with Crippen LogP contribution in [0.4, 0.5) is 17.6 Å². The minimum Gasteiger partial charge on any atom is -0.444 e. The Morgan fingerprint density at radius 2 is 1.74 bits per heavy atom. The molecule has 0 aliphatic rings. The lowest BCUT2D eigenvalue weighted by Gasteiger charge is -2.12. The van der Waals surface area contributed by atoms with Crippen molar-refractivity contribution in [1.29, 1.82) is 0 Å². The fourth-order valence-corrected chi connectivity index (χ4v) is 3.24. The molecule has 2 aromatic carbocycles. The molecule has 0 atom stereocenters. The van der Waals surface area contributed by atoms with E-state index in [1.165, 1.54) is 30.2 Å². The van der Waals surface area contributed by atoms with Crippen LogP contribution in [0.3, 0.4) is 0 Å². The average molecular weight is 487 g/mol. The molecule has 0 fully saturated rings. The molecule has 0 saturated heterocycles. The molecule has 4 N–H and O–H groups in total. The molecule has 1 heterocycles. The van der Waals surface area contributed by atoms with Gasteiger partial charge in [0.25, 0.3) is 0 Å². The second-order valence-corrected chi connectivity index (χ2v) is 7.79. The van der Waals surface area contributed by atoms with Gasteiger partial charge in [0.05, 0.1) is 5.56 Å². The number of halogens is 4. The quantitative estimate of drug-likeness (QED) is 0.157. The second-order valence-electron chi connectivity index (χ2n) is 7.79. The summed E-state index contributed by atoms with van der Waals surface area (Å²) in [5.41, 5.74) is 7.03. The zero-order chi connectivity index (χ0) is 25.3. The molecule has 0 amide bonds. The van der Waals surface area contributed by atoms with Crippen LogP contribution in [0.5, 0.6) is 0 Å². The zero-order valence-electron chi connectivity index (χ0n) is 18.9. The molecule has 3 aromatic rings. The van der Waals surface area contributed by atoms with Gasteiger partial charge >= 0.3 is 6.18 Å². The summed E-state index contributed by atoms with van der Waals surface area (Å²) in [5.74, 6) is 4.96. The number of aromatic nitrogens is 1. The molecule has 35 heavy (non-hydrogen) atoms. The largest absolute Gasteiger partial charge is 0.444 e. The van der Waals surface area contributed by atoms with Gasteiger partial charge < -0.3 is 15.2 Å². The lowest BCUT2D eigenvalue weighted by molar-refractivity contribution is -0.137. The van der Waals surface area contributed by atoms with Gasteiger partial charge in [-0.25, -0.2) is 15.2 Å². The van der Waals surface area contributed by atoms with Crippen LogP contribution < -0.4 is 11.6 Å². The summed E-state index contributed by atoms with van der Waals surface area (Å²) in [5, 5.41) is 1.56.